The molecule has 1 saturated carbocycles. The minimum Gasteiger partial charge on any atom is -0.394 e. The zero-order valence-corrected chi connectivity index (χ0v) is 16.9. The third-order valence-electron chi connectivity index (χ3n) is 4.87. The van der Waals surface area contributed by atoms with Gasteiger partial charge in [0.1, 0.15) is 0 Å². The highest BCUT2D eigenvalue weighted by molar-refractivity contribution is 7.13. The van der Waals surface area contributed by atoms with Crippen molar-refractivity contribution in [1.82, 2.24) is 15.3 Å². The number of H-pyrrole nitrogens is 1. The van der Waals surface area contributed by atoms with E-state index in [1.54, 1.807) is 18.4 Å². The molecule has 0 saturated heterocycles. The van der Waals surface area contributed by atoms with Crippen LogP contribution in [-0.4, -0.2) is 47.3 Å². The Morgan fingerprint density at radius 1 is 1.36 bits per heavy atom. The summed E-state index contributed by atoms with van der Waals surface area (Å²) in [4.78, 5) is 21.3. The number of hydrogen-bond donors (Lipinski definition) is 3. The molecule has 0 atom stereocenters. The number of carbonyl (C=O) groups excluding carboxylic acids is 1. The summed E-state index contributed by atoms with van der Waals surface area (Å²) < 4.78 is 4.44. The summed E-state index contributed by atoms with van der Waals surface area (Å²) in [5.41, 5.74) is 4.59. The number of benzene rings is 1. The Bertz CT molecular complexity index is 868. The topological polar surface area (TPSA) is 87.2 Å². The van der Waals surface area contributed by atoms with Crippen LogP contribution in [0.4, 0.5) is 0 Å². The number of amides is 1. The zero-order valence-electron chi connectivity index (χ0n) is 16.1. The number of nitrogens with zero attached hydrogens (tertiary/aromatic N) is 1. The molecule has 1 aliphatic rings. The Kier molecular flexibility index (Phi) is 7.59. The third kappa shape index (κ3) is 5.19. The van der Waals surface area contributed by atoms with E-state index in [4.69, 9.17) is 5.11 Å². The van der Waals surface area contributed by atoms with Crippen LogP contribution in [0.3, 0.4) is 0 Å². The van der Waals surface area contributed by atoms with Crippen molar-refractivity contribution in [3.05, 3.63) is 41.7 Å². The third-order valence-corrected chi connectivity index (χ3v) is 5.69. The molecular weight excluding hydrogens is 374 g/mol. The number of fused-ring (bicyclic) bond motifs is 1. The summed E-state index contributed by atoms with van der Waals surface area (Å²) in [5, 5.41) is 12.1. The van der Waals surface area contributed by atoms with Crippen LogP contribution in [0.15, 0.2) is 36.1 Å². The molecule has 1 aromatic carbocycles. The maximum Gasteiger partial charge on any atom is 0.252 e. The number of hydrogen-bond acceptors (Lipinski definition) is 5. The van der Waals surface area contributed by atoms with Crippen molar-refractivity contribution >= 4 is 28.1 Å². The van der Waals surface area contributed by atoms with E-state index >= 15 is 0 Å². The monoisotopic (exact) mass is 401 g/mol. The van der Waals surface area contributed by atoms with Crippen molar-refractivity contribution in [3.63, 3.8) is 0 Å². The van der Waals surface area contributed by atoms with Gasteiger partial charge in [-0.3, -0.25) is 9.78 Å². The lowest BCUT2D eigenvalue weighted by Crippen LogP contribution is -2.36. The second-order valence-electron chi connectivity index (χ2n) is 6.85. The van der Waals surface area contributed by atoms with E-state index in [-0.39, 0.29) is 12.5 Å². The van der Waals surface area contributed by atoms with Crippen molar-refractivity contribution in [1.29, 1.82) is 0 Å². The summed E-state index contributed by atoms with van der Waals surface area (Å²) in [6.45, 7) is 0.566. The number of thiazole rings is 1. The van der Waals surface area contributed by atoms with Gasteiger partial charge in [-0.05, 0) is 36.6 Å². The molecule has 0 aliphatic heterocycles. The van der Waals surface area contributed by atoms with Gasteiger partial charge in [-0.15, -0.1) is 11.3 Å². The van der Waals surface area contributed by atoms with Crippen LogP contribution in [0.5, 0.6) is 0 Å². The predicted molar refractivity (Wildman–Crippen MR) is 113 cm³/mol. The average molecular weight is 402 g/mol. The molecular formula is C21H27N3O3S. The van der Waals surface area contributed by atoms with Crippen LogP contribution in [0.1, 0.15) is 42.5 Å². The minimum atomic E-state index is 0.0351. The van der Waals surface area contributed by atoms with E-state index < -0.39 is 0 Å². The maximum absolute atomic E-state index is 12.8. The molecule has 3 aromatic rings. The van der Waals surface area contributed by atoms with Crippen LogP contribution in [-0.2, 0) is 4.74 Å². The number of carbonyl (C=O) groups is 1. The van der Waals surface area contributed by atoms with E-state index in [2.05, 4.69) is 26.1 Å². The van der Waals surface area contributed by atoms with Gasteiger partial charge in [0.25, 0.3) is 5.91 Å². The zero-order chi connectivity index (χ0) is 19.8. The van der Waals surface area contributed by atoms with Crippen LogP contribution in [0, 0.1) is 0 Å². The number of nitrogens with one attached hydrogen (secondary N) is 2. The Labute approximate surface area is 169 Å². The fourth-order valence-electron chi connectivity index (χ4n) is 3.46. The fraction of sp³-hybridized carbons (Fsp3) is 0.429. The quantitative estimate of drug-likeness (QED) is 0.603. The molecule has 0 radical (unpaired) electrons. The maximum atomic E-state index is 12.8. The molecule has 4 rings (SSSR count). The highest BCUT2D eigenvalue weighted by Crippen LogP contribution is 2.29. The molecule has 6 nitrogen and oxygen atoms in total. The molecule has 0 bridgehead atoms. The SMILES string of the molecule is COCCO.O=C(NC1CCCCC1)c1cc(-c2cncs2)cc2[nH]ccc12. The van der Waals surface area contributed by atoms with Crippen molar-refractivity contribution in [2.75, 3.05) is 20.3 Å². The summed E-state index contributed by atoms with van der Waals surface area (Å²) in [6, 6.07) is 6.36. The molecule has 7 heteroatoms. The highest BCUT2D eigenvalue weighted by atomic mass is 32.1. The molecule has 3 N–H and O–H groups in total. The Morgan fingerprint density at radius 2 is 2.18 bits per heavy atom. The van der Waals surface area contributed by atoms with Gasteiger partial charge >= 0.3 is 0 Å². The van der Waals surface area contributed by atoms with Gasteiger partial charge in [-0.2, -0.15) is 0 Å². The van der Waals surface area contributed by atoms with Crippen LogP contribution >= 0.6 is 11.3 Å². The Hall–Kier alpha value is -2.22. The molecule has 0 spiro atoms. The highest BCUT2D eigenvalue weighted by Gasteiger charge is 2.19. The first kappa shape index (κ1) is 20.5. The standard InChI is InChI=1S/C18H19N3OS.C3H8O2/c22-18(21-13-4-2-1-3-5-13)15-8-12(17-10-19-11-23-17)9-16-14(15)6-7-20-16;1-5-3-2-4/h6-11,13,20H,1-5H2,(H,21,22);4H,2-3H2,1H3. The molecule has 2 aromatic heterocycles. The number of aliphatic hydroxyl groups is 1. The van der Waals surface area contributed by atoms with Crippen molar-refractivity contribution in [2.45, 2.75) is 38.1 Å². The first-order valence-corrected chi connectivity index (χ1v) is 10.5. The molecule has 1 fully saturated rings. The second kappa shape index (κ2) is 10.4. The largest absolute Gasteiger partial charge is 0.394 e. The van der Waals surface area contributed by atoms with E-state index in [1.807, 2.05) is 30.0 Å². The molecule has 1 aliphatic carbocycles. The number of methoxy groups -OCH3 is 1. The Morgan fingerprint density at radius 3 is 2.82 bits per heavy atom. The summed E-state index contributed by atoms with van der Waals surface area (Å²) in [6.07, 6.45) is 9.63. The molecule has 2 heterocycles. The summed E-state index contributed by atoms with van der Waals surface area (Å²) >= 11 is 1.59. The average Bonchev–Trinajstić information content (AvgIpc) is 3.41. The van der Waals surface area contributed by atoms with Crippen LogP contribution < -0.4 is 5.32 Å². The van der Waals surface area contributed by atoms with Gasteiger partial charge in [0, 0.05) is 42.0 Å². The van der Waals surface area contributed by atoms with Crippen molar-refractivity contribution < 1.29 is 14.6 Å². The van der Waals surface area contributed by atoms with Gasteiger partial charge in [0.05, 0.1) is 23.6 Å². The van der Waals surface area contributed by atoms with E-state index in [9.17, 15) is 4.79 Å². The van der Waals surface area contributed by atoms with E-state index in [0.717, 1.165) is 39.7 Å². The summed E-state index contributed by atoms with van der Waals surface area (Å²) in [5.74, 6) is 0.0351. The van der Waals surface area contributed by atoms with E-state index in [1.165, 1.54) is 19.3 Å². The van der Waals surface area contributed by atoms with Crippen LogP contribution in [0.25, 0.3) is 21.3 Å². The second-order valence-corrected chi connectivity index (χ2v) is 7.74. The lowest BCUT2D eigenvalue weighted by atomic mass is 9.95. The van der Waals surface area contributed by atoms with Gasteiger partial charge < -0.3 is 20.1 Å². The first-order chi connectivity index (χ1) is 13.7. The predicted octanol–water partition coefficient (Wildman–Crippen LogP) is 3.98. The lowest BCUT2D eigenvalue weighted by Gasteiger charge is -2.23. The molecule has 1 amide bonds. The van der Waals surface area contributed by atoms with Crippen LogP contribution in [0.2, 0.25) is 0 Å². The molecule has 0 unspecified atom stereocenters. The lowest BCUT2D eigenvalue weighted by molar-refractivity contribution is 0.0929. The van der Waals surface area contributed by atoms with Crippen molar-refractivity contribution in [3.8, 4) is 10.4 Å². The molecule has 28 heavy (non-hydrogen) atoms. The fourth-order valence-corrected chi connectivity index (χ4v) is 4.07. The van der Waals surface area contributed by atoms with Gasteiger partial charge in [-0.1, -0.05) is 19.3 Å². The number of aromatic nitrogens is 2. The van der Waals surface area contributed by atoms with Gasteiger partial charge in [0.15, 0.2) is 0 Å². The number of aliphatic hydroxyl groups excluding tert-OH is 1. The van der Waals surface area contributed by atoms with Gasteiger partial charge in [-0.25, -0.2) is 0 Å². The molecule has 150 valence electrons. The first-order valence-electron chi connectivity index (χ1n) is 9.63. The van der Waals surface area contributed by atoms with Gasteiger partial charge in [0.2, 0.25) is 0 Å². The van der Waals surface area contributed by atoms with E-state index in [0.29, 0.717) is 12.6 Å². The minimum absolute atomic E-state index is 0.0351. The number of aromatic amines is 1. The smallest absolute Gasteiger partial charge is 0.252 e. The number of ether oxygens (including phenoxy) is 1. The van der Waals surface area contributed by atoms with Crippen molar-refractivity contribution in [2.24, 2.45) is 0 Å². The normalized spacial score (nSPS) is 14.5. The Balaban J connectivity index is 0.000000403. The number of rotatable bonds is 5. The summed E-state index contributed by atoms with van der Waals surface area (Å²) in [7, 11) is 1.55.